The molecule has 1 rings (SSSR count). The smallest absolute Gasteiger partial charge is 0.326 e. The summed E-state index contributed by atoms with van der Waals surface area (Å²) in [5.74, 6) is -1.41. The quantitative estimate of drug-likeness (QED) is 0.778. The maximum atomic E-state index is 11.5. The standard InChI is InChI=1S/C10H14N2O4/c1-6(2)5-8(10(14)15)11-9(13)7-3-4-16-12-7/h3-4,6,8H,5H2,1-2H3,(H,11,13)(H,14,15)/t8-/m0/s1. The van der Waals surface area contributed by atoms with Crippen LogP contribution in [0.1, 0.15) is 30.8 Å². The summed E-state index contributed by atoms with van der Waals surface area (Å²) in [4.78, 5) is 22.4. The molecule has 0 aromatic carbocycles. The molecule has 16 heavy (non-hydrogen) atoms. The fourth-order valence-corrected chi connectivity index (χ4v) is 1.25. The van der Waals surface area contributed by atoms with Crippen LogP contribution in [0.4, 0.5) is 0 Å². The van der Waals surface area contributed by atoms with Gasteiger partial charge >= 0.3 is 5.97 Å². The summed E-state index contributed by atoms with van der Waals surface area (Å²) in [6, 6.07) is 0.480. The van der Waals surface area contributed by atoms with Gasteiger partial charge < -0.3 is 14.9 Å². The first kappa shape index (κ1) is 12.2. The van der Waals surface area contributed by atoms with E-state index >= 15 is 0 Å². The molecule has 1 aromatic heterocycles. The molecule has 6 heteroatoms. The molecular weight excluding hydrogens is 212 g/mol. The van der Waals surface area contributed by atoms with E-state index in [1.54, 1.807) is 0 Å². The van der Waals surface area contributed by atoms with Crippen molar-refractivity contribution in [2.75, 3.05) is 0 Å². The van der Waals surface area contributed by atoms with Crippen LogP contribution in [-0.4, -0.2) is 28.2 Å². The van der Waals surface area contributed by atoms with Gasteiger partial charge in [0, 0.05) is 6.07 Å². The zero-order chi connectivity index (χ0) is 12.1. The molecule has 1 heterocycles. The fourth-order valence-electron chi connectivity index (χ4n) is 1.25. The van der Waals surface area contributed by atoms with Gasteiger partial charge in [0.15, 0.2) is 5.69 Å². The van der Waals surface area contributed by atoms with Crippen molar-refractivity contribution < 1.29 is 19.2 Å². The number of nitrogens with zero attached hydrogens (tertiary/aromatic N) is 1. The molecule has 0 unspecified atom stereocenters. The van der Waals surface area contributed by atoms with Crippen LogP contribution in [0, 0.1) is 5.92 Å². The SMILES string of the molecule is CC(C)C[C@H](NC(=O)c1ccon1)C(=O)O. The number of rotatable bonds is 5. The maximum absolute atomic E-state index is 11.5. The van der Waals surface area contributed by atoms with Crippen LogP contribution in [0.15, 0.2) is 16.9 Å². The topological polar surface area (TPSA) is 92.4 Å². The van der Waals surface area contributed by atoms with E-state index < -0.39 is 17.9 Å². The molecule has 0 saturated carbocycles. The third kappa shape index (κ3) is 3.38. The van der Waals surface area contributed by atoms with Crippen molar-refractivity contribution in [1.82, 2.24) is 10.5 Å². The second-order valence-corrected chi connectivity index (χ2v) is 3.88. The number of aliphatic carboxylic acids is 1. The average molecular weight is 226 g/mol. The second-order valence-electron chi connectivity index (χ2n) is 3.88. The zero-order valence-electron chi connectivity index (χ0n) is 9.14. The van der Waals surface area contributed by atoms with Crippen molar-refractivity contribution in [1.29, 1.82) is 0 Å². The molecule has 0 aliphatic rings. The van der Waals surface area contributed by atoms with Crippen LogP contribution < -0.4 is 5.32 Å². The minimum Gasteiger partial charge on any atom is -0.480 e. The Hall–Kier alpha value is -1.85. The van der Waals surface area contributed by atoms with Gasteiger partial charge in [0.1, 0.15) is 12.3 Å². The molecule has 0 radical (unpaired) electrons. The Bertz CT molecular complexity index is 359. The summed E-state index contributed by atoms with van der Waals surface area (Å²) in [5.41, 5.74) is 0.0787. The van der Waals surface area contributed by atoms with E-state index in [0.717, 1.165) is 0 Å². The van der Waals surface area contributed by atoms with Crippen molar-refractivity contribution in [2.45, 2.75) is 26.3 Å². The number of amides is 1. The monoisotopic (exact) mass is 226 g/mol. The number of hydrogen-bond acceptors (Lipinski definition) is 4. The van der Waals surface area contributed by atoms with Gasteiger partial charge in [0.25, 0.3) is 5.91 Å². The molecule has 0 spiro atoms. The summed E-state index contributed by atoms with van der Waals surface area (Å²) >= 11 is 0. The van der Waals surface area contributed by atoms with E-state index in [-0.39, 0.29) is 11.6 Å². The van der Waals surface area contributed by atoms with Crippen LogP contribution in [-0.2, 0) is 4.79 Å². The number of aromatic nitrogens is 1. The molecule has 1 aromatic rings. The summed E-state index contributed by atoms with van der Waals surface area (Å²) < 4.78 is 4.50. The number of carbonyl (C=O) groups excluding carboxylic acids is 1. The molecule has 6 nitrogen and oxygen atoms in total. The molecule has 0 bridgehead atoms. The van der Waals surface area contributed by atoms with Gasteiger partial charge in [0.2, 0.25) is 0 Å². The van der Waals surface area contributed by atoms with E-state index in [1.807, 2.05) is 13.8 Å². The van der Waals surface area contributed by atoms with Gasteiger partial charge in [-0.1, -0.05) is 19.0 Å². The molecule has 0 aliphatic carbocycles. The largest absolute Gasteiger partial charge is 0.480 e. The van der Waals surface area contributed by atoms with Crippen LogP contribution in [0.5, 0.6) is 0 Å². The van der Waals surface area contributed by atoms with E-state index in [4.69, 9.17) is 5.11 Å². The summed E-state index contributed by atoms with van der Waals surface area (Å²) in [7, 11) is 0. The minimum absolute atomic E-state index is 0.0787. The van der Waals surface area contributed by atoms with Crippen LogP contribution in [0.25, 0.3) is 0 Å². The van der Waals surface area contributed by atoms with E-state index in [0.29, 0.717) is 6.42 Å². The Labute approximate surface area is 92.6 Å². The number of carboxylic acids is 1. The third-order valence-corrected chi connectivity index (χ3v) is 1.98. The highest BCUT2D eigenvalue weighted by Crippen LogP contribution is 2.06. The molecule has 88 valence electrons. The molecule has 1 atom stereocenters. The lowest BCUT2D eigenvalue weighted by Gasteiger charge is -2.15. The highest BCUT2D eigenvalue weighted by molar-refractivity contribution is 5.94. The molecular formula is C10H14N2O4. The van der Waals surface area contributed by atoms with Crippen LogP contribution in [0.2, 0.25) is 0 Å². The van der Waals surface area contributed by atoms with Crippen LogP contribution in [0.3, 0.4) is 0 Å². The maximum Gasteiger partial charge on any atom is 0.326 e. The highest BCUT2D eigenvalue weighted by atomic mass is 16.5. The number of carbonyl (C=O) groups is 2. The minimum atomic E-state index is -1.05. The first-order valence-corrected chi connectivity index (χ1v) is 4.94. The molecule has 0 saturated heterocycles. The Morgan fingerprint density at radius 2 is 2.25 bits per heavy atom. The van der Waals surface area contributed by atoms with Crippen molar-refractivity contribution in [3.8, 4) is 0 Å². The molecule has 0 aliphatic heterocycles. The van der Waals surface area contributed by atoms with Crippen molar-refractivity contribution in [2.24, 2.45) is 5.92 Å². The number of hydrogen-bond donors (Lipinski definition) is 2. The van der Waals surface area contributed by atoms with Gasteiger partial charge in [-0.3, -0.25) is 4.79 Å². The second kappa shape index (κ2) is 5.29. The highest BCUT2D eigenvalue weighted by Gasteiger charge is 2.22. The van der Waals surface area contributed by atoms with Gasteiger partial charge in [-0.2, -0.15) is 0 Å². The first-order valence-electron chi connectivity index (χ1n) is 4.94. The van der Waals surface area contributed by atoms with E-state index in [2.05, 4.69) is 15.0 Å². The van der Waals surface area contributed by atoms with Gasteiger partial charge in [-0.25, -0.2) is 4.79 Å². The van der Waals surface area contributed by atoms with E-state index in [1.165, 1.54) is 12.3 Å². The third-order valence-electron chi connectivity index (χ3n) is 1.98. The summed E-state index contributed by atoms with van der Waals surface area (Å²) in [6.07, 6.45) is 1.63. The predicted octanol–water partition coefficient (Wildman–Crippen LogP) is 0.904. The van der Waals surface area contributed by atoms with Gasteiger partial charge in [-0.15, -0.1) is 0 Å². The normalized spacial score (nSPS) is 12.4. The Balaban J connectivity index is 2.62. The number of carboxylic acid groups (broad SMARTS) is 1. The Morgan fingerprint density at radius 1 is 1.56 bits per heavy atom. The lowest BCUT2D eigenvalue weighted by Crippen LogP contribution is -2.41. The lowest BCUT2D eigenvalue weighted by atomic mass is 10.0. The predicted molar refractivity (Wildman–Crippen MR) is 54.8 cm³/mol. The zero-order valence-corrected chi connectivity index (χ0v) is 9.14. The molecule has 2 N–H and O–H groups in total. The van der Waals surface area contributed by atoms with Gasteiger partial charge in [0.05, 0.1) is 0 Å². The van der Waals surface area contributed by atoms with Crippen LogP contribution >= 0.6 is 0 Å². The van der Waals surface area contributed by atoms with E-state index in [9.17, 15) is 9.59 Å². The van der Waals surface area contributed by atoms with Crippen molar-refractivity contribution in [3.63, 3.8) is 0 Å². The molecule has 1 amide bonds. The molecule has 0 fully saturated rings. The van der Waals surface area contributed by atoms with Crippen molar-refractivity contribution >= 4 is 11.9 Å². The summed E-state index contributed by atoms with van der Waals surface area (Å²) in [6.45, 7) is 3.77. The number of nitrogens with one attached hydrogen (secondary N) is 1. The average Bonchev–Trinajstić information content (AvgIpc) is 2.68. The fraction of sp³-hybridized carbons (Fsp3) is 0.500. The first-order chi connectivity index (χ1) is 7.50. The summed E-state index contributed by atoms with van der Waals surface area (Å²) in [5, 5.41) is 14.7. The van der Waals surface area contributed by atoms with Crippen molar-refractivity contribution in [3.05, 3.63) is 18.0 Å². The Morgan fingerprint density at radius 3 is 2.69 bits per heavy atom. The van der Waals surface area contributed by atoms with Gasteiger partial charge in [-0.05, 0) is 12.3 Å². The Kier molecular flexibility index (Phi) is 4.04. The lowest BCUT2D eigenvalue weighted by molar-refractivity contribution is -0.139.